The zero-order chi connectivity index (χ0) is 13.7. The predicted octanol–water partition coefficient (Wildman–Crippen LogP) is 5.46. The number of fused-ring (bicyclic) bond motifs is 1. The van der Waals surface area contributed by atoms with E-state index in [1.54, 1.807) is 0 Å². The van der Waals surface area contributed by atoms with Gasteiger partial charge >= 0.3 is 0 Å². The number of hydrogen-bond donors (Lipinski definition) is 0. The average molecular weight is 250 g/mol. The second-order valence-corrected chi connectivity index (χ2v) is 5.40. The normalized spacial score (nSPS) is 12.9. The van der Waals surface area contributed by atoms with E-state index in [0.717, 1.165) is 12.8 Å². The molecule has 0 fully saturated rings. The van der Waals surface area contributed by atoms with E-state index < -0.39 is 0 Å². The maximum absolute atomic E-state index is 5.28. The van der Waals surface area contributed by atoms with Crippen LogP contribution in [0.2, 0.25) is 0 Å². The Kier molecular flexibility index (Phi) is 4.63. The molecule has 1 aromatic carbocycles. The van der Waals surface area contributed by atoms with E-state index in [9.17, 15) is 0 Å². The highest BCUT2D eigenvalue weighted by Crippen LogP contribution is 2.39. The zero-order valence-corrected chi connectivity index (χ0v) is 12.0. The monoisotopic (exact) mass is 250 g/mol. The molecule has 19 heavy (non-hydrogen) atoms. The Labute approximate surface area is 117 Å². The van der Waals surface area contributed by atoms with Gasteiger partial charge in [-0.1, -0.05) is 42.3 Å². The molecule has 0 aromatic heterocycles. The van der Waals surface area contributed by atoms with Crippen LogP contribution < -0.4 is 0 Å². The number of terminal acetylenes is 1. The van der Waals surface area contributed by atoms with Crippen molar-refractivity contribution in [1.82, 2.24) is 0 Å². The quantitative estimate of drug-likeness (QED) is 0.481. The van der Waals surface area contributed by atoms with E-state index in [1.807, 2.05) is 0 Å². The van der Waals surface area contributed by atoms with Gasteiger partial charge in [0.2, 0.25) is 0 Å². The van der Waals surface area contributed by atoms with E-state index in [0.29, 0.717) is 0 Å². The first-order chi connectivity index (χ1) is 9.24. The van der Waals surface area contributed by atoms with Crippen LogP contribution >= 0.6 is 0 Å². The maximum Gasteiger partial charge on any atom is 0.00860 e. The van der Waals surface area contributed by atoms with Crippen LogP contribution in [0.5, 0.6) is 0 Å². The number of allylic oxidation sites excluding steroid dienone is 3. The summed E-state index contributed by atoms with van der Waals surface area (Å²) < 4.78 is 0. The van der Waals surface area contributed by atoms with Gasteiger partial charge in [0.05, 0.1) is 0 Å². The summed E-state index contributed by atoms with van der Waals surface area (Å²) in [5.74, 6) is 2.71. The zero-order valence-electron chi connectivity index (χ0n) is 12.0. The summed E-state index contributed by atoms with van der Waals surface area (Å²) in [5.41, 5.74) is 7.16. The Balaban J connectivity index is 2.06. The highest BCUT2D eigenvalue weighted by atomic mass is 14.2. The molecular weight excluding hydrogens is 228 g/mol. The van der Waals surface area contributed by atoms with Gasteiger partial charge in [0.25, 0.3) is 0 Å². The summed E-state index contributed by atoms with van der Waals surface area (Å²) in [5, 5.41) is 0. The van der Waals surface area contributed by atoms with Crippen LogP contribution in [0.1, 0.15) is 57.1 Å². The molecule has 0 spiro atoms. The molecule has 1 aliphatic carbocycles. The fourth-order valence-electron chi connectivity index (χ4n) is 2.79. The number of benzene rings is 1. The van der Waals surface area contributed by atoms with E-state index in [-0.39, 0.29) is 0 Å². The number of rotatable bonds is 5. The molecule has 0 nitrogen and oxygen atoms in total. The predicted molar refractivity (Wildman–Crippen MR) is 84.6 cm³/mol. The van der Waals surface area contributed by atoms with Crippen LogP contribution in [0, 0.1) is 12.3 Å². The summed E-state index contributed by atoms with van der Waals surface area (Å²) in [6.07, 6.45) is 13.3. The van der Waals surface area contributed by atoms with Crippen molar-refractivity contribution < 1.29 is 0 Å². The molecule has 0 saturated carbocycles. The summed E-state index contributed by atoms with van der Waals surface area (Å²) in [7, 11) is 0. The van der Waals surface area contributed by atoms with Gasteiger partial charge in [0, 0.05) is 6.42 Å². The Bertz CT molecular complexity index is 546. The Morgan fingerprint density at radius 2 is 1.89 bits per heavy atom. The van der Waals surface area contributed by atoms with Gasteiger partial charge < -0.3 is 0 Å². The molecular formula is C19H22. The molecule has 1 aromatic rings. The van der Waals surface area contributed by atoms with E-state index in [4.69, 9.17) is 6.42 Å². The highest BCUT2D eigenvalue weighted by Gasteiger charge is 2.18. The third kappa shape index (κ3) is 3.18. The average Bonchev–Trinajstić information content (AvgIpc) is 2.76. The van der Waals surface area contributed by atoms with Gasteiger partial charge in [-0.25, -0.2) is 0 Å². The lowest BCUT2D eigenvalue weighted by Crippen LogP contribution is -1.89. The largest absolute Gasteiger partial charge is 0.120 e. The second kappa shape index (κ2) is 6.43. The molecule has 0 unspecified atom stereocenters. The molecule has 2 rings (SSSR count). The fourth-order valence-corrected chi connectivity index (χ4v) is 2.79. The summed E-state index contributed by atoms with van der Waals surface area (Å²) in [4.78, 5) is 0. The lowest BCUT2D eigenvalue weighted by Gasteiger charge is -2.09. The molecule has 98 valence electrons. The Hall–Kier alpha value is -1.74. The first-order valence-electron chi connectivity index (χ1n) is 7.15. The Morgan fingerprint density at radius 3 is 2.63 bits per heavy atom. The molecule has 0 saturated heterocycles. The number of unbranched alkanes of at least 4 members (excludes halogenated alkanes) is 3. The van der Waals surface area contributed by atoms with Gasteiger partial charge in [0.15, 0.2) is 0 Å². The second-order valence-electron chi connectivity index (χ2n) is 5.40. The van der Waals surface area contributed by atoms with Crippen molar-refractivity contribution in [1.29, 1.82) is 0 Å². The van der Waals surface area contributed by atoms with Crippen molar-refractivity contribution in [2.75, 3.05) is 0 Å². The smallest absolute Gasteiger partial charge is 0.00860 e. The molecule has 0 N–H and O–H groups in total. The summed E-state index contributed by atoms with van der Waals surface area (Å²) in [6, 6.07) is 8.70. The minimum Gasteiger partial charge on any atom is -0.120 e. The van der Waals surface area contributed by atoms with Crippen LogP contribution in [-0.2, 0) is 0 Å². The van der Waals surface area contributed by atoms with Gasteiger partial charge in [-0.3, -0.25) is 0 Å². The van der Waals surface area contributed by atoms with Crippen LogP contribution in [0.15, 0.2) is 35.4 Å². The van der Waals surface area contributed by atoms with Gasteiger partial charge in [-0.05, 0) is 55.4 Å². The van der Waals surface area contributed by atoms with Crippen molar-refractivity contribution in [3.8, 4) is 12.3 Å². The molecule has 0 aliphatic heterocycles. The highest BCUT2D eigenvalue weighted by molar-refractivity contribution is 5.95. The third-order valence-electron chi connectivity index (χ3n) is 3.65. The topological polar surface area (TPSA) is 0 Å². The van der Waals surface area contributed by atoms with Crippen molar-refractivity contribution in [2.45, 2.75) is 46.0 Å². The minimum absolute atomic E-state index is 0.911. The minimum atomic E-state index is 0.911. The summed E-state index contributed by atoms with van der Waals surface area (Å²) in [6.45, 7) is 4.42. The Morgan fingerprint density at radius 1 is 1.11 bits per heavy atom. The van der Waals surface area contributed by atoms with Gasteiger partial charge in [0.1, 0.15) is 0 Å². The molecule has 0 heterocycles. The van der Waals surface area contributed by atoms with E-state index in [2.05, 4.69) is 50.1 Å². The van der Waals surface area contributed by atoms with Crippen LogP contribution in [0.25, 0.3) is 11.6 Å². The van der Waals surface area contributed by atoms with Crippen molar-refractivity contribution in [3.63, 3.8) is 0 Å². The molecule has 1 aliphatic rings. The number of hydrogen-bond acceptors (Lipinski definition) is 0. The lowest BCUT2D eigenvalue weighted by atomic mass is 9.95. The third-order valence-corrected chi connectivity index (χ3v) is 3.65. The molecule has 0 radical (unpaired) electrons. The maximum atomic E-state index is 5.28. The van der Waals surface area contributed by atoms with E-state index >= 15 is 0 Å². The molecule has 0 bridgehead atoms. The lowest BCUT2D eigenvalue weighted by molar-refractivity contribution is 0.697. The summed E-state index contributed by atoms with van der Waals surface area (Å²) >= 11 is 0. The molecule has 0 atom stereocenters. The van der Waals surface area contributed by atoms with Crippen LogP contribution in [-0.4, -0.2) is 0 Å². The molecule has 0 heteroatoms. The van der Waals surface area contributed by atoms with Gasteiger partial charge in [-0.2, -0.15) is 0 Å². The van der Waals surface area contributed by atoms with Crippen molar-refractivity contribution >= 4 is 11.6 Å². The first kappa shape index (κ1) is 13.7. The first-order valence-corrected chi connectivity index (χ1v) is 7.15. The molecule has 0 amide bonds. The van der Waals surface area contributed by atoms with Gasteiger partial charge in [-0.15, -0.1) is 12.3 Å². The van der Waals surface area contributed by atoms with Crippen LogP contribution in [0.4, 0.5) is 0 Å². The SMILES string of the molecule is C#CCCCCCC1=Cc2ccccc2C1=C(C)C. The van der Waals surface area contributed by atoms with E-state index in [1.165, 1.54) is 47.1 Å². The standard InChI is InChI=1S/C19H22/c1-4-5-6-7-8-12-17-14-16-11-9-10-13-18(16)19(17)15(2)3/h1,9-11,13-14H,5-8,12H2,2-3H3. The van der Waals surface area contributed by atoms with Crippen LogP contribution in [0.3, 0.4) is 0 Å². The van der Waals surface area contributed by atoms with Crippen molar-refractivity contribution in [2.24, 2.45) is 0 Å². The van der Waals surface area contributed by atoms with Crippen molar-refractivity contribution in [3.05, 3.63) is 46.5 Å². The fraction of sp³-hybridized carbons (Fsp3) is 0.368.